The monoisotopic (exact) mass is 229 g/mol. The molecule has 0 amide bonds. The van der Waals surface area contributed by atoms with Gasteiger partial charge < -0.3 is 10.4 Å². The highest BCUT2D eigenvalue weighted by Crippen LogP contribution is 2.27. The number of rotatable bonds is 3. The summed E-state index contributed by atoms with van der Waals surface area (Å²) >= 11 is 3.33. The largest absolute Gasteiger partial charge is 0.507 e. The topological polar surface area (TPSA) is 32.3 Å². The number of likely N-dealkylation sites (N-methyl/N-ethyl adjacent to an activating group) is 1. The Bertz CT molecular complexity index is 263. The minimum Gasteiger partial charge on any atom is -0.507 e. The van der Waals surface area contributed by atoms with Crippen molar-refractivity contribution in [3.8, 4) is 5.75 Å². The third-order valence-corrected chi connectivity index (χ3v) is 2.62. The van der Waals surface area contributed by atoms with Gasteiger partial charge in [0.1, 0.15) is 5.75 Å². The molecule has 2 nitrogen and oxygen atoms in total. The fraction of sp³-hybridized carbons (Fsp3) is 0.333. The molecule has 66 valence electrons. The fourth-order valence-corrected chi connectivity index (χ4v) is 1.48. The average molecular weight is 230 g/mol. The van der Waals surface area contributed by atoms with Gasteiger partial charge in [0.25, 0.3) is 0 Å². The first kappa shape index (κ1) is 9.55. The van der Waals surface area contributed by atoms with E-state index in [2.05, 4.69) is 21.2 Å². The number of phenolic OH excluding ortho intramolecular Hbond substituents is 1. The molecule has 0 fully saturated rings. The van der Waals surface area contributed by atoms with Gasteiger partial charge in [-0.25, -0.2) is 0 Å². The Balaban J connectivity index is 2.78. The second-order valence-electron chi connectivity index (χ2n) is 2.60. The van der Waals surface area contributed by atoms with Crippen LogP contribution in [-0.2, 0) is 6.42 Å². The van der Waals surface area contributed by atoms with Crippen molar-refractivity contribution in [2.45, 2.75) is 6.42 Å². The standard InChI is InChI=1S/C9H12BrNO/c1-11-6-5-7-3-2-4-8(12)9(7)10/h2-4,11-12H,5-6H2,1H3. The molecule has 0 aromatic heterocycles. The van der Waals surface area contributed by atoms with Crippen molar-refractivity contribution in [2.24, 2.45) is 0 Å². The van der Waals surface area contributed by atoms with Gasteiger partial charge in [-0.3, -0.25) is 0 Å². The molecule has 0 unspecified atom stereocenters. The molecule has 1 aromatic carbocycles. The summed E-state index contributed by atoms with van der Waals surface area (Å²) < 4.78 is 0.806. The minimum absolute atomic E-state index is 0.309. The number of benzene rings is 1. The highest BCUT2D eigenvalue weighted by Gasteiger charge is 2.02. The van der Waals surface area contributed by atoms with Crippen LogP contribution in [0.5, 0.6) is 5.75 Å². The molecule has 0 heterocycles. The van der Waals surface area contributed by atoms with Crippen molar-refractivity contribution in [1.82, 2.24) is 5.32 Å². The summed E-state index contributed by atoms with van der Waals surface area (Å²) in [6, 6.07) is 5.53. The van der Waals surface area contributed by atoms with Crippen molar-refractivity contribution < 1.29 is 5.11 Å². The molecule has 1 aromatic rings. The van der Waals surface area contributed by atoms with E-state index in [1.807, 2.05) is 19.2 Å². The zero-order valence-electron chi connectivity index (χ0n) is 6.97. The molecule has 0 radical (unpaired) electrons. The first-order chi connectivity index (χ1) is 5.75. The van der Waals surface area contributed by atoms with E-state index in [1.165, 1.54) is 0 Å². The zero-order chi connectivity index (χ0) is 8.97. The molecule has 1 rings (SSSR count). The Morgan fingerprint density at radius 2 is 2.25 bits per heavy atom. The number of hydrogen-bond donors (Lipinski definition) is 2. The van der Waals surface area contributed by atoms with Gasteiger partial charge in [0, 0.05) is 0 Å². The summed E-state index contributed by atoms with van der Waals surface area (Å²) in [4.78, 5) is 0. The zero-order valence-corrected chi connectivity index (χ0v) is 8.56. The van der Waals surface area contributed by atoms with E-state index in [4.69, 9.17) is 0 Å². The van der Waals surface area contributed by atoms with E-state index >= 15 is 0 Å². The van der Waals surface area contributed by atoms with Gasteiger partial charge in [-0.15, -0.1) is 0 Å². The number of hydrogen-bond acceptors (Lipinski definition) is 2. The summed E-state index contributed by atoms with van der Waals surface area (Å²) in [5.74, 6) is 0.309. The van der Waals surface area contributed by atoms with Gasteiger partial charge in [0.2, 0.25) is 0 Å². The number of nitrogens with one attached hydrogen (secondary N) is 1. The number of phenols is 1. The molecule has 0 spiro atoms. The maximum atomic E-state index is 9.33. The maximum absolute atomic E-state index is 9.33. The van der Waals surface area contributed by atoms with Crippen molar-refractivity contribution in [2.75, 3.05) is 13.6 Å². The summed E-state index contributed by atoms with van der Waals surface area (Å²) in [5, 5.41) is 12.4. The SMILES string of the molecule is CNCCc1cccc(O)c1Br. The third-order valence-electron chi connectivity index (χ3n) is 1.70. The molecule has 0 aliphatic carbocycles. The molecule has 0 bridgehead atoms. The van der Waals surface area contributed by atoms with Crippen LogP contribution in [0.25, 0.3) is 0 Å². The van der Waals surface area contributed by atoms with Crippen LogP contribution in [0.4, 0.5) is 0 Å². The highest BCUT2D eigenvalue weighted by molar-refractivity contribution is 9.10. The smallest absolute Gasteiger partial charge is 0.130 e. The Kier molecular flexibility index (Phi) is 3.56. The van der Waals surface area contributed by atoms with Crippen LogP contribution in [0.15, 0.2) is 22.7 Å². The normalized spacial score (nSPS) is 10.2. The lowest BCUT2D eigenvalue weighted by Crippen LogP contribution is -2.10. The Labute approximate surface area is 80.7 Å². The van der Waals surface area contributed by atoms with Gasteiger partial charge in [0.15, 0.2) is 0 Å². The predicted molar refractivity (Wildman–Crippen MR) is 53.4 cm³/mol. The fourth-order valence-electron chi connectivity index (χ4n) is 1.02. The Hall–Kier alpha value is -0.540. The van der Waals surface area contributed by atoms with Crippen molar-refractivity contribution in [3.63, 3.8) is 0 Å². The van der Waals surface area contributed by atoms with Gasteiger partial charge in [-0.2, -0.15) is 0 Å². The highest BCUT2D eigenvalue weighted by atomic mass is 79.9. The summed E-state index contributed by atoms with van der Waals surface area (Å²) in [7, 11) is 1.91. The molecule has 12 heavy (non-hydrogen) atoms. The van der Waals surface area contributed by atoms with Crippen LogP contribution >= 0.6 is 15.9 Å². The second-order valence-corrected chi connectivity index (χ2v) is 3.40. The van der Waals surface area contributed by atoms with Crippen molar-refractivity contribution >= 4 is 15.9 Å². The summed E-state index contributed by atoms with van der Waals surface area (Å²) in [6.07, 6.45) is 0.922. The first-order valence-corrected chi connectivity index (χ1v) is 4.66. The molecular weight excluding hydrogens is 218 g/mol. The van der Waals surface area contributed by atoms with Crippen LogP contribution in [-0.4, -0.2) is 18.7 Å². The van der Waals surface area contributed by atoms with Crippen LogP contribution in [0.2, 0.25) is 0 Å². The first-order valence-electron chi connectivity index (χ1n) is 3.86. The molecule has 0 atom stereocenters. The van der Waals surface area contributed by atoms with Crippen LogP contribution in [0.1, 0.15) is 5.56 Å². The minimum atomic E-state index is 0.309. The molecule has 2 N–H and O–H groups in total. The molecule has 0 aliphatic heterocycles. The van der Waals surface area contributed by atoms with E-state index in [0.717, 1.165) is 23.0 Å². The molecule has 0 saturated carbocycles. The van der Waals surface area contributed by atoms with E-state index in [1.54, 1.807) is 6.07 Å². The van der Waals surface area contributed by atoms with Crippen molar-refractivity contribution in [1.29, 1.82) is 0 Å². The number of halogens is 1. The molecular formula is C9H12BrNO. The average Bonchev–Trinajstić information content (AvgIpc) is 2.08. The molecule has 0 aliphatic rings. The third kappa shape index (κ3) is 2.22. The van der Waals surface area contributed by atoms with Crippen LogP contribution in [0, 0.1) is 0 Å². The number of aromatic hydroxyl groups is 1. The second kappa shape index (κ2) is 4.48. The van der Waals surface area contributed by atoms with Gasteiger partial charge >= 0.3 is 0 Å². The van der Waals surface area contributed by atoms with Crippen LogP contribution in [0.3, 0.4) is 0 Å². The molecule has 3 heteroatoms. The van der Waals surface area contributed by atoms with Gasteiger partial charge in [-0.1, -0.05) is 12.1 Å². The maximum Gasteiger partial charge on any atom is 0.130 e. The Morgan fingerprint density at radius 3 is 2.92 bits per heavy atom. The quantitative estimate of drug-likeness (QED) is 0.831. The lowest BCUT2D eigenvalue weighted by atomic mass is 10.1. The van der Waals surface area contributed by atoms with Crippen molar-refractivity contribution in [3.05, 3.63) is 28.2 Å². The molecule has 0 saturated heterocycles. The van der Waals surface area contributed by atoms with E-state index in [0.29, 0.717) is 5.75 Å². The van der Waals surface area contributed by atoms with Gasteiger partial charge in [-0.05, 0) is 47.6 Å². The van der Waals surface area contributed by atoms with E-state index < -0.39 is 0 Å². The van der Waals surface area contributed by atoms with Crippen LogP contribution < -0.4 is 5.32 Å². The lowest BCUT2D eigenvalue weighted by Gasteiger charge is -2.04. The van der Waals surface area contributed by atoms with E-state index in [-0.39, 0.29) is 0 Å². The van der Waals surface area contributed by atoms with E-state index in [9.17, 15) is 5.11 Å². The van der Waals surface area contributed by atoms with Gasteiger partial charge in [0.05, 0.1) is 4.47 Å². The Morgan fingerprint density at radius 1 is 1.50 bits per heavy atom. The lowest BCUT2D eigenvalue weighted by molar-refractivity contribution is 0.471. The predicted octanol–water partition coefficient (Wildman–Crippen LogP) is 1.92. The summed E-state index contributed by atoms with van der Waals surface area (Å²) in [5.41, 5.74) is 1.13. The summed E-state index contributed by atoms with van der Waals surface area (Å²) in [6.45, 7) is 0.919.